The Balaban J connectivity index is 1.11. The number of fused-ring (bicyclic) bond motifs is 20. The third-order valence-corrected chi connectivity index (χ3v) is 19.6. The number of thiophene rings is 2. The van der Waals surface area contributed by atoms with Gasteiger partial charge in [0.2, 0.25) is 0 Å². The Labute approximate surface area is 427 Å². The first-order valence-corrected chi connectivity index (χ1v) is 27.4. The van der Waals surface area contributed by atoms with Crippen molar-refractivity contribution in [3.05, 3.63) is 174 Å². The number of hydrogen-bond acceptors (Lipinski definition) is 4. The van der Waals surface area contributed by atoms with Gasteiger partial charge in [-0.15, -0.1) is 22.7 Å². The summed E-state index contributed by atoms with van der Waals surface area (Å²) in [6, 6.07) is 60.6. The van der Waals surface area contributed by atoms with Gasteiger partial charge >= 0.3 is 6.85 Å². The normalized spacial score (nSPS) is 15.8. The van der Waals surface area contributed by atoms with Crippen molar-refractivity contribution in [3.63, 3.8) is 0 Å². The summed E-state index contributed by atoms with van der Waals surface area (Å²) < 4.78 is 15.4. The lowest BCUT2D eigenvalue weighted by Crippen LogP contribution is -2.60. The maximum absolute atomic E-state index is 7.43. The summed E-state index contributed by atoms with van der Waals surface area (Å²) in [5, 5.41) is 10.2. The predicted molar refractivity (Wildman–Crippen MR) is 312 cm³/mol. The molecule has 6 heterocycles. The second-order valence-corrected chi connectivity index (χ2v) is 25.6. The third-order valence-electron chi connectivity index (χ3n) is 17.4. The SMILES string of the molecule is CC(C)(C)c1ccc2c(c1)c1c3c(oc4ccccc43)c3c4c1n2-c1cc2c(cc1B4N(c1ccc(-c4ccccc4)cc1)c1cc4sc5cc6c(cc5c4cc1-3)C(C)(C)CCC6(C)C)sc1ccccc12. The van der Waals surface area contributed by atoms with Gasteiger partial charge in [-0.1, -0.05) is 133 Å². The largest absolute Gasteiger partial charge is 0.455 e. The molecule has 13 aromatic rings. The molecule has 4 aromatic heterocycles. The van der Waals surface area contributed by atoms with Gasteiger partial charge in [0.1, 0.15) is 11.2 Å². The molecule has 9 aromatic carbocycles. The molecule has 3 nitrogen and oxygen atoms in total. The second-order valence-electron chi connectivity index (χ2n) is 23.5. The van der Waals surface area contributed by atoms with Crippen LogP contribution in [0.2, 0.25) is 0 Å². The molecule has 1 aliphatic carbocycles. The average Bonchev–Trinajstić information content (AvgIpc) is 4.14. The van der Waals surface area contributed by atoms with Crippen LogP contribution in [0.3, 0.4) is 0 Å². The number of anilines is 2. The Kier molecular flexibility index (Phi) is 8.00. The van der Waals surface area contributed by atoms with E-state index in [1.807, 2.05) is 22.7 Å². The van der Waals surface area contributed by atoms with Crippen molar-refractivity contribution in [1.82, 2.24) is 4.57 Å². The van der Waals surface area contributed by atoms with Gasteiger partial charge < -0.3 is 13.8 Å². The smallest absolute Gasteiger partial charge is 0.333 e. The van der Waals surface area contributed by atoms with Crippen LogP contribution < -0.4 is 15.7 Å². The molecule has 0 saturated carbocycles. The number of aromatic nitrogens is 1. The topological polar surface area (TPSA) is 21.3 Å². The first kappa shape index (κ1) is 41.5. The van der Waals surface area contributed by atoms with E-state index in [1.54, 1.807) is 0 Å². The molecule has 0 fully saturated rings. The van der Waals surface area contributed by atoms with Gasteiger partial charge in [0, 0.05) is 90.1 Å². The Morgan fingerprint density at radius 1 is 0.542 bits per heavy atom. The van der Waals surface area contributed by atoms with Crippen molar-refractivity contribution in [2.45, 2.75) is 77.6 Å². The molecular weight excluding hydrogens is 912 g/mol. The van der Waals surface area contributed by atoms with Crippen LogP contribution in [-0.2, 0) is 16.2 Å². The van der Waals surface area contributed by atoms with Crippen molar-refractivity contribution in [3.8, 4) is 27.9 Å². The Bertz CT molecular complexity index is 4560. The fourth-order valence-corrected chi connectivity index (χ4v) is 15.8. The molecule has 0 atom stereocenters. The van der Waals surface area contributed by atoms with Crippen molar-refractivity contribution in [2.24, 2.45) is 0 Å². The van der Waals surface area contributed by atoms with Crippen LogP contribution in [0.5, 0.6) is 0 Å². The Morgan fingerprint density at radius 2 is 1.19 bits per heavy atom. The predicted octanol–water partition coefficient (Wildman–Crippen LogP) is 18.0. The minimum absolute atomic E-state index is 0.0443. The zero-order valence-electron chi connectivity index (χ0n) is 41.6. The zero-order chi connectivity index (χ0) is 48.3. The van der Waals surface area contributed by atoms with Crippen LogP contribution in [0.15, 0.2) is 162 Å². The summed E-state index contributed by atoms with van der Waals surface area (Å²) in [7, 11) is 0. The quantitative estimate of drug-likeness (QED) is 0.161. The van der Waals surface area contributed by atoms with Gasteiger partial charge in [-0.2, -0.15) is 0 Å². The summed E-state index contributed by atoms with van der Waals surface area (Å²) in [6.45, 7) is 16.7. The summed E-state index contributed by atoms with van der Waals surface area (Å²) in [5.74, 6) is 0. The monoisotopic (exact) mass is 962 g/mol. The van der Waals surface area contributed by atoms with Crippen LogP contribution in [-0.4, -0.2) is 11.4 Å². The van der Waals surface area contributed by atoms with E-state index in [9.17, 15) is 0 Å². The van der Waals surface area contributed by atoms with Crippen LogP contribution in [0, 0.1) is 0 Å². The summed E-state index contributed by atoms with van der Waals surface area (Å²) in [4.78, 5) is 2.71. The first-order chi connectivity index (χ1) is 34.8. The molecule has 0 bridgehead atoms. The van der Waals surface area contributed by atoms with E-state index in [2.05, 4.69) is 216 Å². The molecule has 3 aliphatic rings. The summed E-state index contributed by atoms with van der Waals surface area (Å²) >= 11 is 3.87. The van der Waals surface area contributed by atoms with E-state index in [-0.39, 0.29) is 23.1 Å². The van der Waals surface area contributed by atoms with E-state index in [4.69, 9.17) is 4.42 Å². The molecule has 0 saturated heterocycles. The highest BCUT2D eigenvalue weighted by atomic mass is 32.1. The van der Waals surface area contributed by atoms with Crippen LogP contribution in [0.25, 0.3) is 112 Å². The summed E-state index contributed by atoms with van der Waals surface area (Å²) in [5.41, 5.74) is 20.1. The summed E-state index contributed by atoms with van der Waals surface area (Å²) in [6.07, 6.45) is 2.38. The fraction of sp³-hybridized carbons (Fsp3) is 0.182. The van der Waals surface area contributed by atoms with Crippen molar-refractivity contribution in [1.29, 1.82) is 0 Å². The highest BCUT2D eigenvalue weighted by Crippen LogP contribution is 2.55. The van der Waals surface area contributed by atoms with Gasteiger partial charge in [0.25, 0.3) is 0 Å². The molecule has 346 valence electrons. The lowest BCUT2D eigenvalue weighted by molar-refractivity contribution is 0.332. The molecule has 0 unspecified atom stereocenters. The zero-order valence-corrected chi connectivity index (χ0v) is 43.3. The minimum atomic E-state index is -0.167. The van der Waals surface area contributed by atoms with Crippen molar-refractivity contribution < 1.29 is 4.42 Å². The Hall–Kier alpha value is -7.12. The van der Waals surface area contributed by atoms with Gasteiger partial charge in [-0.25, -0.2) is 0 Å². The molecular formula is C66H51BN2OS2. The van der Waals surface area contributed by atoms with Gasteiger partial charge in [-0.3, -0.25) is 0 Å². The number of hydrogen-bond donors (Lipinski definition) is 0. The number of para-hydroxylation sites is 1. The van der Waals surface area contributed by atoms with Gasteiger partial charge in [0.15, 0.2) is 0 Å². The molecule has 0 amide bonds. The Morgan fingerprint density at radius 3 is 1.99 bits per heavy atom. The standard InChI is InChI=1S/C66H51BN2OS2/c1-64(2,3)38-23-26-50-45(29-38)58-59-41-18-11-13-19-53(41)70-63(59)60-46-30-42-43-31-47-48(66(6,7)28-27-65(47,4)5)33-55(43)72-57(42)35-51(46)69(39-24-21-37(22-25-39)36-15-9-8-10-16-36)67-49-34-56-44(40-17-12-14-20-54(40)71-56)32-52(49)68(50)62(58)61(60)67/h8-26,29-35H,27-28H2,1-7H3. The minimum Gasteiger partial charge on any atom is -0.455 e. The average molecular weight is 963 g/mol. The molecule has 72 heavy (non-hydrogen) atoms. The molecule has 0 spiro atoms. The number of furan rings is 1. The lowest BCUT2D eigenvalue weighted by Gasteiger charge is -2.42. The van der Waals surface area contributed by atoms with E-state index in [1.165, 1.54) is 147 Å². The third kappa shape index (κ3) is 5.42. The number of rotatable bonds is 2. The molecule has 0 N–H and O–H groups in total. The highest BCUT2D eigenvalue weighted by Gasteiger charge is 2.47. The van der Waals surface area contributed by atoms with Crippen LogP contribution in [0.1, 0.15) is 78.0 Å². The number of nitrogens with zero attached hydrogens (tertiary/aromatic N) is 2. The van der Waals surface area contributed by atoms with E-state index < -0.39 is 0 Å². The maximum atomic E-state index is 7.43. The van der Waals surface area contributed by atoms with Crippen LogP contribution >= 0.6 is 22.7 Å². The number of benzene rings is 9. The lowest BCUT2D eigenvalue weighted by atomic mass is 9.43. The molecule has 2 aliphatic heterocycles. The van der Waals surface area contributed by atoms with E-state index in [0.29, 0.717) is 0 Å². The van der Waals surface area contributed by atoms with Gasteiger partial charge in [-0.05, 0) is 141 Å². The van der Waals surface area contributed by atoms with E-state index in [0.717, 1.165) is 16.6 Å². The highest BCUT2D eigenvalue weighted by molar-refractivity contribution is 7.26. The molecule has 0 radical (unpaired) electrons. The molecule has 6 heteroatoms. The fourth-order valence-electron chi connectivity index (χ4n) is 13.5. The first-order valence-electron chi connectivity index (χ1n) is 25.7. The second kappa shape index (κ2) is 13.9. The van der Waals surface area contributed by atoms with E-state index >= 15 is 0 Å². The molecule has 16 rings (SSSR count). The maximum Gasteiger partial charge on any atom is 0.333 e. The van der Waals surface area contributed by atoms with Crippen LogP contribution in [0.4, 0.5) is 11.4 Å². The van der Waals surface area contributed by atoms with Crippen molar-refractivity contribution >= 4 is 136 Å². The van der Waals surface area contributed by atoms with Crippen molar-refractivity contribution in [2.75, 3.05) is 4.81 Å². The van der Waals surface area contributed by atoms with Gasteiger partial charge in [0.05, 0.1) is 11.0 Å².